The van der Waals surface area contributed by atoms with Gasteiger partial charge in [0.05, 0.1) is 11.9 Å². The molecule has 1 saturated heterocycles. The van der Waals surface area contributed by atoms with Crippen molar-refractivity contribution in [3.8, 4) is 11.3 Å². The fraction of sp³-hybridized carbons (Fsp3) is 0.438. The first-order valence-corrected chi connectivity index (χ1v) is 7.71. The van der Waals surface area contributed by atoms with E-state index in [1.54, 1.807) is 12.3 Å². The average Bonchev–Trinajstić information content (AvgIpc) is 3.04. The topological polar surface area (TPSA) is 71.2 Å². The van der Waals surface area contributed by atoms with Crippen molar-refractivity contribution in [2.45, 2.75) is 19.9 Å². The molecule has 3 heterocycles. The van der Waals surface area contributed by atoms with Gasteiger partial charge in [0.15, 0.2) is 11.6 Å². The highest BCUT2D eigenvalue weighted by Crippen LogP contribution is 2.24. The van der Waals surface area contributed by atoms with E-state index >= 15 is 0 Å². The smallest absolute Gasteiger partial charge is 0.293 e. The van der Waals surface area contributed by atoms with Gasteiger partial charge < -0.3 is 14.6 Å². The van der Waals surface area contributed by atoms with E-state index in [-0.39, 0.29) is 18.1 Å². The second-order valence-electron chi connectivity index (χ2n) is 5.68. The molecule has 0 unspecified atom stereocenters. The molecule has 0 saturated carbocycles. The van der Waals surface area contributed by atoms with Crippen LogP contribution in [0.3, 0.4) is 0 Å². The largest absolute Gasteiger partial charge is 0.396 e. The Morgan fingerprint density at radius 2 is 2.30 bits per heavy atom. The third-order valence-corrected chi connectivity index (χ3v) is 4.19. The Morgan fingerprint density at radius 1 is 1.48 bits per heavy atom. The van der Waals surface area contributed by atoms with E-state index in [4.69, 9.17) is 0 Å². The lowest BCUT2D eigenvalue weighted by atomic mass is 10.1. The van der Waals surface area contributed by atoms with Gasteiger partial charge in [-0.25, -0.2) is 9.37 Å². The molecule has 0 bridgehead atoms. The molecule has 23 heavy (non-hydrogen) atoms. The predicted molar refractivity (Wildman–Crippen MR) is 84.8 cm³/mol. The molecule has 0 radical (unpaired) electrons. The Hall–Kier alpha value is -2.28. The zero-order valence-electron chi connectivity index (χ0n) is 12.9. The first-order valence-electron chi connectivity index (χ1n) is 7.71. The minimum Gasteiger partial charge on any atom is -0.396 e. The van der Waals surface area contributed by atoms with E-state index < -0.39 is 5.82 Å². The number of anilines is 1. The molecule has 1 N–H and O–H groups in total. The number of rotatable bonds is 4. The number of hydrogen-bond acceptors (Lipinski definition) is 5. The van der Waals surface area contributed by atoms with Crippen LogP contribution in [0.15, 0.2) is 29.5 Å². The van der Waals surface area contributed by atoms with E-state index in [0.717, 1.165) is 12.6 Å². The minimum atomic E-state index is -0.470. The Bertz CT molecular complexity index is 762. The van der Waals surface area contributed by atoms with Gasteiger partial charge in [-0.2, -0.15) is 0 Å². The second kappa shape index (κ2) is 6.45. The Kier molecular flexibility index (Phi) is 4.38. The van der Waals surface area contributed by atoms with Gasteiger partial charge in [-0.05, 0) is 19.4 Å². The summed E-state index contributed by atoms with van der Waals surface area (Å²) < 4.78 is 15.5. The zero-order chi connectivity index (χ0) is 16.4. The van der Waals surface area contributed by atoms with Crippen LogP contribution in [0.4, 0.5) is 10.2 Å². The summed E-state index contributed by atoms with van der Waals surface area (Å²) in [4.78, 5) is 22.6. The van der Waals surface area contributed by atoms with Crippen molar-refractivity contribution in [3.63, 3.8) is 0 Å². The normalized spacial score (nSPS) is 17.7. The number of aliphatic hydroxyl groups is 1. The standard InChI is InChI=1S/C16H19FN4O2/c1-2-20-9-14(12-3-5-18-7-13(12)17)19-15(16(20)23)21-6-4-11(8-21)10-22/h3,5,7,9,11,22H,2,4,6,8,10H2,1H3/t11-/m1/s1. The molecule has 122 valence electrons. The predicted octanol–water partition coefficient (Wildman–Crippen LogP) is 1.28. The van der Waals surface area contributed by atoms with Crippen molar-refractivity contribution in [1.82, 2.24) is 14.5 Å². The van der Waals surface area contributed by atoms with Crippen molar-refractivity contribution in [2.24, 2.45) is 5.92 Å². The Balaban J connectivity index is 2.08. The SMILES string of the molecule is CCn1cc(-c2ccncc2F)nc(N2CC[C@@H](CO)C2)c1=O. The Labute approximate surface area is 133 Å². The number of nitrogens with zero attached hydrogens (tertiary/aromatic N) is 4. The van der Waals surface area contributed by atoms with E-state index in [1.807, 2.05) is 11.8 Å². The third-order valence-electron chi connectivity index (χ3n) is 4.19. The highest BCUT2D eigenvalue weighted by atomic mass is 19.1. The van der Waals surface area contributed by atoms with Crippen LogP contribution in [0.5, 0.6) is 0 Å². The van der Waals surface area contributed by atoms with Crippen molar-refractivity contribution in [1.29, 1.82) is 0 Å². The quantitative estimate of drug-likeness (QED) is 0.919. The minimum absolute atomic E-state index is 0.0944. The molecular weight excluding hydrogens is 299 g/mol. The van der Waals surface area contributed by atoms with Gasteiger partial charge in [0, 0.05) is 50.1 Å². The maximum atomic E-state index is 14.0. The van der Waals surface area contributed by atoms with Gasteiger partial charge in [0.2, 0.25) is 0 Å². The summed E-state index contributed by atoms with van der Waals surface area (Å²) in [6, 6.07) is 1.55. The maximum absolute atomic E-state index is 14.0. The molecule has 1 fully saturated rings. The molecule has 6 nitrogen and oxygen atoms in total. The number of pyridine rings is 1. The van der Waals surface area contributed by atoms with Crippen LogP contribution < -0.4 is 10.5 Å². The zero-order valence-corrected chi connectivity index (χ0v) is 12.9. The van der Waals surface area contributed by atoms with Gasteiger partial charge in [-0.15, -0.1) is 0 Å². The highest BCUT2D eigenvalue weighted by molar-refractivity contribution is 5.60. The number of aliphatic hydroxyl groups excluding tert-OH is 1. The third kappa shape index (κ3) is 2.96. The second-order valence-corrected chi connectivity index (χ2v) is 5.68. The van der Waals surface area contributed by atoms with Gasteiger partial charge in [-0.1, -0.05) is 0 Å². The van der Waals surface area contributed by atoms with Crippen LogP contribution in [0, 0.1) is 11.7 Å². The van der Waals surface area contributed by atoms with Crippen LogP contribution in [0.1, 0.15) is 13.3 Å². The van der Waals surface area contributed by atoms with Crippen LogP contribution in [-0.2, 0) is 6.54 Å². The average molecular weight is 318 g/mol. The van der Waals surface area contributed by atoms with Crippen LogP contribution >= 0.6 is 0 Å². The van der Waals surface area contributed by atoms with E-state index in [2.05, 4.69) is 9.97 Å². The van der Waals surface area contributed by atoms with Gasteiger partial charge in [0.1, 0.15) is 0 Å². The summed E-state index contributed by atoms with van der Waals surface area (Å²) >= 11 is 0. The fourth-order valence-electron chi connectivity index (χ4n) is 2.85. The lowest BCUT2D eigenvalue weighted by Gasteiger charge is -2.19. The first-order chi connectivity index (χ1) is 11.1. The molecule has 1 aliphatic rings. The fourth-order valence-corrected chi connectivity index (χ4v) is 2.85. The van der Waals surface area contributed by atoms with Crippen LogP contribution in [0.2, 0.25) is 0 Å². The molecule has 3 rings (SSSR count). The monoisotopic (exact) mass is 318 g/mol. The van der Waals surface area contributed by atoms with Crippen LogP contribution in [0.25, 0.3) is 11.3 Å². The van der Waals surface area contributed by atoms with Gasteiger partial charge >= 0.3 is 0 Å². The van der Waals surface area contributed by atoms with Crippen molar-refractivity contribution in [2.75, 3.05) is 24.6 Å². The molecule has 0 spiro atoms. The van der Waals surface area contributed by atoms with Crippen molar-refractivity contribution < 1.29 is 9.50 Å². The van der Waals surface area contributed by atoms with Gasteiger partial charge in [0.25, 0.3) is 5.56 Å². The summed E-state index contributed by atoms with van der Waals surface area (Å²) in [6.07, 6.45) is 5.02. The molecule has 0 aromatic carbocycles. The summed E-state index contributed by atoms with van der Waals surface area (Å²) in [5.41, 5.74) is 0.541. The highest BCUT2D eigenvalue weighted by Gasteiger charge is 2.26. The Morgan fingerprint density at radius 3 is 2.96 bits per heavy atom. The first kappa shape index (κ1) is 15.6. The molecule has 2 aromatic rings. The molecular formula is C16H19FN4O2. The van der Waals surface area contributed by atoms with E-state index in [1.165, 1.54) is 10.8 Å². The van der Waals surface area contributed by atoms with Crippen molar-refractivity contribution >= 4 is 5.82 Å². The molecule has 7 heteroatoms. The molecule has 2 aromatic heterocycles. The summed E-state index contributed by atoms with van der Waals surface area (Å²) in [6.45, 7) is 3.69. The van der Waals surface area contributed by atoms with Crippen molar-refractivity contribution in [3.05, 3.63) is 40.8 Å². The van der Waals surface area contributed by atoms with Gasteiger partial charge in [-0.3, -0.25) is 9.78 Å². The number of halogens is 1. The number of hydrogen-bond donors (Lipinski definition) is 1. The number of aromatic nitrogens is 3. The maximum Gasteiger partial charge on any atom is 0.293 e. The van der Waals surface area contributed by atoms with Crippen LogP contribution in [-0.4, -0.2) is 39.3 Å². The lowest BCUT2D eigenvalue weighted by molar-refractivity contribution is 0.238. The van der Waals surface area contributed by atoms with E-state index in [0.29, 0.717) is 36.7 Å². The molecule has 0 aliphatic carbocycles. The summed E-state index contributed by atoms with van der Waals surface area (Å²) in [5.74, 6) is -0.00832. The molecule has 1 aliphatic heterocycles. The molecule has 1 atom stereocenters. The number of aryl methyl sites for hydroxylation is 1. The lowest BCUT2D eigenvalue weighted by Crippen LogP contribution is -2.32. The summed E-state index contributed by atoms with van der Waals surface area (Å²) in [7, 11) is 0. The molecule has 0 amide bonds. The summed E-state index contributed by atoms with van der Waals surface area (Å²) in [5, 5.41) is 9.28. The van der Waals surface area contributed by atoms with E-state index in [9.17, 15) is 14.3 Å².